The molecule has 3 nitrogen and oxygen atoms in total. The van der Waals surface area contributed by atoms with E-state index in [4.69, 9.17) is 0 Å². The fourth-order valence-electron chi connectivity index (χ4n) is 1.42. The molecule has 0 atom stereocenters. The van der Waals surface area contributed by atoms with Crippen molar-refractivity contribution in [1.82, 2.24) is 4.98 Å². The van der Waals surface area contributed by atoms with E-state index in [0.717, 1.165) is 11.4 Å². The third-order valence-corrected chi connectivity index (χ3v) is 3.56. The Bertz CT molecular complexity index is 306. The maximum absolute atomic E-state index is 10.4. The third-order valence-electron chi connectivity index (χ3n) is 2.55. The Labute approximate surface area is 81.4 Å². The van der Waals surface area contributed by atoms with Crippen LogP contribution in [0, 0.1) is 0 Å². The summed E-state index contributed by atoms with van der Waals surface area (Å²) in [6.07, 6.45) is 6.33. The molecule has 4 heteroatoms. The standard InChI is InChI=1S/C9H12N2OS/c1-11(7-3-2-4-7)9-10-5-8(6-12)13-9/h5-7H,2-4H2,1H3. The second-order valence-electron chi connectivity index (χ2n) is 3.36. The minimum atomic E-state index is 0.644. The van der Waals surface area contributed by atoms with Crippen molar-refractivity contribution < 1.29 is 4.79 Å². The molecule has 0 N–H and O–H groups in total. The van der Waals surface area contributed by atoms with E-state index in [0.29, 0.717) is 10.9 Å². The lowest BCUT2D eigenvalue weighted by Gasteiger charge is -2.34. The molecule has 0 bridgehead atoms. The molecule has 0 radical (unpaired) electrons. The van der Waals surface area contributed by atoms with Gasteiger partial charge in [0.1, 0.15) is 0 Å². The predicted octanol–water partition coefficient (Wildman–Crippen LogP) is 1.94. The highest BCUT2D eigenvalue weighted by molar-refractivity contribution is 7.17. The van der Waals surface area contributed by atoms with E-state index in [1.54, 1.807) is 6.20 Å². The van der Waals surface area contributed by atoms with Gasteiger partial charge < -0.3 is 4.90 Å². The number of aromatic nitrogens is 1. The van der Waals surface area contributed by atoms with Gasteiger partial charge in [-0.15, -0.1) is 0 Å². The van der Waals surface area contributed by atoms with Crippen molar-refractivity contribution >= 4 is 22.8 Å². The van der Waals surface area contributed by atoms with Crippen molar-refractivity contribution in [3.8, 4) is 0 Å². The number of thiazole rings is 1. The lowest BCUT2D eigenvalue weighted by Crippen LogP contribution is -2.36. The molecular weight excluding hydrogens is 184 g/mol. The first-order valence-corrected chi connectivity index (χ1v) is 5.27. The second kappa shape index (κ2) is 3.46. The molecule has 0 spiro atoms. The molecule has 1 heterocycles. The summed E-state index contributed by atoms with van der Waals surface area (Å²) in [7, 11) is 2.05. The topological polar surface area (TPSA) is 33.2 Å². The summed E-state index contributed by atoms with van der Waals surface area (Å²) in [5.41, 5.74) is 0. The van der Waals surface area contributed by atoms with Crippen LogP contribution in [0.2, 0.25) is 0 Å². The Balaban J connectivity index is 2.09. The molecule has 0 aliphatic heterocycles. The number of aldehydes is 1. The number of hydrogen-bond donors (Lipinski definition) is 0. The van der Waals surface area contributed by atoms with Crippen molar-refractivity contribution in [3.05, 3.63) is 11.1 Å². The largest absolute Gasteiger partial charge is 0.348 e. The van der Waals surface area contributed by atoms with E-state index in [1.165, 1.54) is 30.6 Å². The van der Waals surface area contributed by atoms with Crippen molar-refractivity contribution in [2.45, 2.75) is 25.3 Å². The fraction of sp³-hybridized carbons (Fsp3) is 0.556. The van der Waals surface area contributed by atoms with Crippen LogP contribution in [0.5, 0.6) is 0 Å². The van der Waals surface area contributed by atoms with Crippen LogP contribution in [-0.2, 0) is 0 Å². The van der Waals surface area contributed by atoms with E-state index in [2.05, 4.69) is 16.9 Å². The quantitative estimate of drug-likeness (QED) is 0.693. The molecule has 0 unspecified atom stereocenters. The van der Waals surface area contributed by atoms with Gasteiger partial charge in [0.2, 0.25) is 0 Å². The Kier molecular flexibility index (Phi) is 2.31. The predicted molar refractivity (Wildman–Crippen MR) is 53.5 cm³/mol. The van der Waals surface area contributed by atoms with Crippen LogP contribution in [0.15, 0.2) is 6.20 Å². The van der Waals surface area contributed by atoms with Crippen LogP contribution < -0.4 is 4.90 Å². The summed E-state index contributed by atoms with van der Waals surface area (Å²) in [5.74, 6) is 0. The molecule has 0 amide bonds. The highest BCUT2D eigenvalue weighted by Crippen LogP contribution is 2.30. The van der Waals surface area contributed by atoms with Gasteiger partial charge in [0.15, 0.2) is 11.4 Å². The first kappa shape index (κ1) is 8.69. The minimum absolute atomic E-state index is 0.644. The van der Waals surface area contributed by atoms with Gasteiger partial charge in [0.05, 0.1) is 11.1 Å². The van der Waals surface area contributed by atoms with Gasteiger partial charge >= 0.3 is 0 Å². The van der Waals surface area contributed by atoms with Gasteiger partial charge in [-0.1, -0.05) is 11.3 Å². The SMILES string of the molecule is CN(c1ncc(C=O)s1)C1CCC1. The number of carbonyl (C=O) groups excluding carboxylic acids is 1. The van der Waals surface area contributed by atoms with Crippen LogP contribution in [0.3, 0.4) is 0 Å². The van der Waals surface area contributed by atoms with Crippen LogP contribution in [0.4, 0.5) is 5.13 Å². The number of anilines is 1. The van der Waals surface area contributed by atoms with Gasteiger partial charge in [-0.2, -0.15) is 0 Å². The zero-order valence-corrected chi connectivity index (χ0v) is 8.38. The van der Waals surface area contributed by atoms with Crippen LogP contribution in [0.1, 0.15) is 28.9 Å². The second-order valence-corrected chi connectivity index (χ2v) is 4.40. The summed E-state index contributed by atoms with van der Waals surface area (Å²) in [6.45, 7) is 0. The van der Waals surface area contributed by atoms with Gasteiger partial charge in [-0.3, -0.25) is 4.79 Å². The summed E-state index contributed by atoms with van der Waals surface area (Å²) < 4.78 is 0. The molecule has 1 aromatic heterocycles. The fourth-order valence-corrected chi connectivity index (χ4v) is 2.19. The van der Waals surface area contributed by atoms with Gasteiger partial charge in [0.25, 0.3) is 0 Å². The van der Waals surface area contributed by atoms with Gasteiger partial charge in [-0.25, -0.2) is 4.98 Å². The van der Waals surface area contributed by atoms with E-state index >= 15 is 0 Å². The molecule has 0 saturated heterocycles. The molecule has 2 rings (SSSR count). The van der Waals surface area contributed by atoms with Crippen molar-refractivity contribution in [1.29, 1.82) is 0 Å². The summed E-state index contributed by atoms with van der Waals surface area (Å²) in [6, 6.07) is 0.644. The minimum Gasteiger partial charge on any atom is -0.348 e. The van der Waals surface area contributed by atoms with Crippen molar-refractivity contribution in [2.24, 2.45) is 0 Å². The summed E-state index contributed by atoms with van der Waals surface area (Å²) >= 11 is 1.47. The normalized spacial score (nSPS) is 16.7. The van der Waals surface area contributed by atoms with E-state index in [9.17, 15) is 4.79 Å². The van der Waals surface area contributed by atoms with E-state index in [-0.39, 0.29) is 0 Å². The maximum Gasteiger partial charge on any atom is 0.185 e. The first-order valence-electron chi connectivity index (χ1n) is 4.45. The number of carbonyl (C=O) groups is 1. The average Bonchev–Trinajstić information content (AvgIpc) is 2.48. The van der Waals surface area contributed by atoms with Gasteiger partial charge in [-0.05, 0) is 19.3 Å². The lowest BCUT2D eigenvalue weighted by atomic mass is 9.92. The smallest absolute Gasteiger partial charge is 0.185 e. The number of nitrogens with zero attached hydrogens (tertiary/aromatic N) is 2. The zero-order valence-electron chi connectivity index (χ0n) is 7.56. The Morgan fingerprint density at radius 3 is 2.92 bits per heavy atom. The molecule has 0 aromatic carbocycles. The summed E-state index contributed by atoms with van der Waals surface area (Å²) in [4.78, 5) is 17.5. The first-order chi connectivity index (χ1) is 6.31. The van der Waals surface area contributed by atoms with Crippen LogP contribution >= 0.6 is 11.3 Å². The molecule has 1 aromatic rings. The highest BCUT2D eigenvalue weighted by atomic mass is 32.1. The molecule has 70 valence electrons. The Hall–Kier alpha value is -0.900. The molecular formula is C9H12N2OS. The third kappa shape index (κ3) is 1.58. The molecule has 1 aliphatic rings. The van der Waals surface area contributed by atoms with Crippen LogP contribution in [-0.4, -0.2) is 24.4 Å². The average molecular weight is 196 g/mol. The number of hydrogen-bond acceptors (Lipinski definition) is 4. The highest BCUT2D eigenvalue weighted by Gasteiger charge is 2.23. The summed E-state index contributed by atoms with van der Waals surface area (Å²) in [5, 5.41) is 0.965. The van der Waals surface area contributed by atoms with Crippen molar-refractivity contribution in [3.63, 3.8) is 0 Å². The molecule has 1 saturated carbocycles. The van der Waals surface area contributed by atoms with E-state index in [1.807, 2.05) is 0 Å². The van der Waals surface area contributed by atoms with E-state index < -0.39 is 0 Å². The Morgan fingerprint density at radius 2 is 2.46 bits per heavy atom. The monoisotopic (exact) mass is 196 g/mol. The lowest BCUT2D eigenvalue weighted by molar-refractivity contribution is 0.112. The number of rotatable bonds is 3. The molecule has 13 heavy (non-hydrogen) atoms. The molecule has 1 fully saturated rings. The van der Waals surface area contributed by atoms with Crippen molar-refractivity contribution in [2.75, 3.05) is 11.9 Å². The zero-order chi connectivity index (χ0) is 9.26. The molecule has 1 aliphatic carbocycles. The Morgan fingerprint density at radius 1 is 1.69 bits per heavy atom. The van der Waals surface area contributed by atoms with Crippen LogP contribution in [0.25, 0.3) is 0 Å². The van der Waals surface area contributed by atoms with Gasteiger partial charge in [0, 0.05) is 13.1 Å². The maximum atomic E-state index is 10.4.